The molecule has 118 valence electrons. The molecule has 0 N–H and O–H groups in total. The van der Waals surface area contributed by atoms with Crippen LogP contribution in [0, 0.1) is 16.7 Å². The fraction of sp³-hybridized carbons (Fsp3) is 1.00. The molecule has 0 aromatic carbocycles. The summed E-state index contributed by atoms with van der Waals surface area (Å²) in [6, 6.07) is 0. The average Bonchev–Trinajstić information content (AvgIpc) is 2.12. The van der Waals surface area contributed by atoms with Crippen molar-refractivity contribution in [3.63, 3.8) is 0 Å². The van der Waals surface area contributed by atoms with Gasteiger partial charge in [0.1, 0.15) is 0 Å². The molecular formula is C17H34N2O. The molecule has 0 amide bonds. The van der Waals surface area contributed by atoms with Crippen LogP contribution in [0.1, 0.15) is 41.5 Å². The van der Waals surface area contributed by atoms with Gasteiger partial charge in [0.25, 0.3) is 0 Å². The van der Waals surface area contributed by atoms with Crippen LogP contribution in [0.15, 0.2) is 0 Å². The maximum absolute atomic E-state index is 6.04. The van der Waals surface area contributed by atoms with Crippen LogP contribution >= 0.6 is 0 Å². The molecule has 0 unspecified atom stereocenters. The normalized spacial score (nSPS) is 23.7. The molecule has 0 saturated carbocycles. The van der Waals surface area contributed by atoms with Crippen molar-refractivity contribution in [2.75, 3.05) is 45.9 Å². The highest BCUT2D eigenvalue weighted by Crippen LogP contribution is 2.25. The van der Waals surface area contributed by atoms with E-state index in [0.717, 1.165) is 25.6 Å². The van der Waals surface area contributed by atoms with Crippen molar-refractivity contribution >= 4 is 0 Å². The van der Waals surface area contributed by atoms with Crippen LogP contribution in [-0.4, -0.2) is 61.8 Å². The van der Waals surface area contributed by atoms with E-state index in [1.165, 1.54) is 26.2 Å². The summed E-state index contributed by atoms with van der Waals surface area (Å²) in [4.78, 5) is 5.07. The van der Waals surface area contributed by atoms with Crippen LogP contribution in [0.5, 0.6) is 0 Å². The molecule has 0 aliphatic carbocycles. The topological polar surface area (TPSA) is 15.7 Å². The Kier molecular flexibility index (Phi) is 4.83. The molecule has 0 aromatic heterocycles. The minimum Gasteiger partial charge on any atom is -0.375 e. The Morgan fingerprint density at radius 1 is 0.800 bits per heavy atom. The van der Waals surface area contributed by atoms with Gasteiger partial charge in [-0.05, 0) is 10.8 Å². The van der Waals surface area contributed by atoms with E-state index in [9.17, 15) is 0 Å². The Bertz CT molecular complexity index is 272. The number of ether oxygens (including phenoxy) is 1. The lowest BCUT2D eigenvalue weighted by Gasteiger charge is -2.45. The lowest BCUT2D eigenvalue weighted by molar-refractivity contribution is -0.0933. The van der Waals surface area contributed by atoms with E-state index in [4.69, 9.17) is 4.74 Å². The van der Waals surface area contributed by atoms with E-state index in [2.05, 4.69) is 51.3 Å². The Hall–Kier alpha value is -0.120. The summed E-state index contributed by atoms with van der Waals surface area (Å²) in [5.41, 5.74) is 0.833. The predicted molar refractivity (Wildman–Crippen MR) is 85.0 cm³/mol. The van der Waals surface area contributed by atoms with Gasteiger partial charge in [0, 0.05) is 45.2 Å². The average molecular weight is 282 g/mol. The number of nitrogens with zero attached hydrogens (tertiary/aromatic N) is 2. The molecular weight excluding hydrogens is 248 g/mol. The highest BCUT2D eigenvalue weighted by atomic mass is 16.5. The minimum absolute atomic E-state index is 0.409. The second-order valence-corrected chi connectivity index (χ2v) is 9.33. The summed E-state index contributed by atoms with van der Waals surface area (Å²) in [5, 5.41) is 0. The SMILES string of the molecule is CC(C)(C)CN1CC(COC2CN(CC(C)(C)C)C2)C1. The first-order valence-electron chi connectivity index (χ1n) is 8.17. The van der Waals surface area contributed by atoms with Gasteiger partial charge in [-0.15, -0.1) is 0 Å². The van der Waals surface area contributed by atoms with Crippen molar-refractivity contribution in [1.29, 1.82) is 0 Å². The lowest BCUT2D eigenvalue weighted by Crippen LogP contribution is -2.56. The molecule has 2 fully saturated rings. The van der Waals surface area contributed by atoms with E-state index in [0.29, 0.717) is 16.9 Å². The maximum atomic E-state index is 6.04. The molecule has 2 rings (SSSR count). The van der Waals surface area contributed by atoms with Gasteiger partial charge < -0.3 is 9.64 Å². The van der Waals surface area contributed by atoms with Crippen molar-refractivity contribution in [2.24, 2.45) is 16.7 Å². The molecule has 0 bridgehead atoms. The Morgan fingerprint density at radius 3 is 1.70 bits per heavy atom. The van der Waals surface area contributed by atoms with E-state index in [1.54, 1.807) is 0 Å². The van der Waals surface area contributed by atoms with Crippen LogP contribution in [-0.2, 0) is 4.74 Å². The zero-order valence-electron chi connectivity index (χ0n) is 14.4. The van der Waals surface area contributed by atoms with Gasteiger partial charge in [0.2, 0.25) is 0 Å². The van der Waals surface area contributed by atoms with Crippen LogP contribution in [0.2, 0.25) is 0 Å². The van der Waals surface area contributed by atoms with Crippen molar-refractivity contribution in [3.05, 3.63) is 0 Å². The number of hydrogen-bond acceptors (Lipinski definition) is 3. The number of rotatable bonds is 5. The zero-order chi connectivity index (χ0) is 15.0. The van der Waals surface area contributed by atoms with Crippen LogP contribution in [0.3, 0.4) is 0 Å². The second-order valence-electron chi connectivity index (χ2n) is 9.33. The quantitative estimate of drug-likeness (QED) is 0.771. The second kappa shape index (κ2) is 5.94. The third-order valence-corrected chi connectivity index (χ3v) is 3.92. The summed E-state index contributed by atoms with van der Waals surface area (Å²) in [6.07, 6.45) is 0.494. The van der Waals surface area contributed by atoms with Crippen LogP contribution < -0.4 is 0 Å². The lowest BCUT2D eigenvalue weighted by atomic mass is 9.91. The van der Waals surface area contributed by atoms with Crippen molar-refractivity contribution < 1.29 is 4.74 Å². The molecule has 0 aromatic rings. The van der Waals surface area contributed by atoms with Crippen molar-refractivity contribution in [2.45, 2.75) is 47.6 Å². The molecule has 0 spiro atoms. The molecule has 20 heavy (non-hydrogen) atoms. The first-order chi connectivity index (χ1) is 9.11. The van der Waals surface area contributed by atoms with Gasteiger partial charge in [0.05, 0.1) is 12.7 Å². The standard InChI is InChI=1S/C17H34N2O/c1-16(2,3)12-18-7-14(8-18)11-20-15-9-19(10-15)13-17(4,5)6/h14-15H,7-13H2,1-6H3. The molecule has 2 heterocycles. The zero-order valence-corrected chi connectivity index (χ0v) is 14.4. The fourth-order valence-corrected chi connectivity index (χ4v) is 3.28. The Balaban J connectivity index is 1.50. The van der Waals surface area contributed by atoms with Crippen LogP contribution in [0.4, 0.5) is 0 Å². The summed E-state index contributed by atoms with van der Waals surface area (Å²) >= 11 is 0. The smallest absolute Gasteiger partial charge is 0.0828 e. The van der Waals surface area contributed by atoms with Gasteiger partial charge in [0.15, 0.2) is 0 Å². The summed E-state index contributed by atoms with van der Waals surface area (Å²) in [6.45, 7) is 22.0. The highest BCUT2D eigenvalue weighted by molar-refractivity contribution is 4.86. The molecule has 0 radical (unpaired) electrons. The molecule has 3 nitrogen and oxygen atoms in total. The largest absolute Gasteiger partial charge is 0.375 e. The molecule has 2 saturated heterocycles. The number of likely N-dealkylation sites (tertiary alicyclic amines) is 2. The molecule has 3 heteroatoms. The number of hydrogen-bond donors (Lipinski definition) is 0. The summed E-state index contributed by atoms with van der Waals surface area (Å²) in [7, 11) is 0. The molecule has 0 atom stereocenters. The van der Waals surface area contributed by atoms with Gasteiger partial charge >= 0.3 is 0 Å². The third-order valence-electron chi connectivity index (χ3n) is 3.92. The summed E-state index contributed by atoms with van der Waals surface area (Å²) in [5.74, 6) is 0.772. The maximum Gasteiger partial charge on any atom is 0.0828 e. The van der Waals surface area contributed by atoms with E-state index >= 15 is 0 Å². The fourth-order valence-electron chi connectivity index (χ4n) is 3.28. The van der Waals surface area contributed by atoms with E-state index in [1.807, 2.05) is 0 Å². The van der Waals surface area contributed by atoms with Gasteiger partial charge in [-0.1, -0.05) is 41.5 Å². The van der Waals surface area contributed by atoms with Gasteiger partial charge in [-0.25, -0.2) is 0 Å². The van der Waals surface area contributed by atoms with E-state index in [-0.39, 0.29) is 0 Å². The highest BCUT2D eigenvalue weighted by Gasteiger charge is 2.33. The Labute approximate surface area is 125 Å². The van der Waals surface area contributed by atoms with E-state index < -0.39 is 0 Å². The minimum atomic E-state index is 0.409. The van der Waals surface area contributed by atoms with Crippen molar-refractivity contribution in [1.82, 2.24) is 9.80 Å². The molecule has 2 aliphatic heterocycles. The summed E-state index contributed by atoms with van der Waals surface area (Å²) < 4.78 is 6.04. The Morgan fingerprint density at radius 2 is 1.25 bits per heavy atom. The van der Waals surface area contributed by atoms with Crippen molar-refractivity contribution in [3.8, 4) is 0 Å². The first-order valence-corrected chi connectivity index (χ1v) is 8.17. The van der Waals surface area contributed by atoms with Crippen LogP contribution in [0.25, 0.3) is 0 Å². The molecule has 2 aliphatic rings. The predicted octanol–water partition coefficient (Wildman–Crippen LogP) is 2.71. The first kappa shape index (κ1) is 16.3. The third kappa shape index (κ3) is 5.34. The monoisotopic (exact) mass is 282 g/mol. The van der Waals surface area contributed by atoms with Gasteiger partial charge in [-0.2, -0.15) is 0 Å². The van der Waals surface area contributed by atoms with Gasteiger partial charge in [-0.3, -0.25) is 4.90 Å².